The van der Waals surface area contributed by atoms with Gasteiger partial charge in [0.15, 0.2) is 0 Å². The highest BCUT2D eigenvalue weighted by Gasteiger charge is 2.22. The van der Waals surface area contributed by atoms with Crippen molar-refractivity contribution in [3.63, 3.8) is 0 Å². The molecule has 0 unspecified atom stereocenters. The molecule has 128 valence electrons. The van der Waals surface area contributed by atoms with Gasteiger partial charge in [-0.15, -0.1) is 0 Å². The topological polar surface area (TPSA) is 113 Å². The molecule has 7 nitrogen and oxygen atoms in total. The van der Waals surface area contributed by atoms with Crippen molar-refractivity contribution < 1.29 is 17.5 Å². The van der Waals surface area contributed by atoms with E-state index in [0.29, 0.717) is 5.56 Å². The molecule has 0 saturated carbocycles. The van der Waals surface area contributed by atoms with Gasteiger partial charge in [-0.1, -0.05) is 26.0 Å². The molecule has 0 spiro atoms. The molecule has 0 aromatic heterocycles. The van der Waals surface area contributed by atoms with E-state index in [1.807, 2.05) is 19.9 Å². The van der Waals surface area contributed by atoms with Gasteiger partial charge in [-0.2, -0.15) is 8.42 Å². The zero-order chi connectivity index (χ0) is 18.1. The molecule has 0 radical (unpaired) electrons. The number of benzene rings is 2. The van der Waals surface area contributed by atoms with Crippen LogP contribution < -0.4 is 9.92 Å². The Kier molecular flexibility index (Phi) is 4.79. The van der Waals surface area contributed by atoms with E-state index in [2.05, 4.69) is 0 Å². The number of rotatable bonds is 5. The molecule has 24 heavy (non-hydrogen) atoms. The predicted molar refractivity (Wildman–Crippen MR) is 90.6 cm³/mol. The largest absolute Gasteiger partial charge is 0.393 e. The van der Waals surface area contributed by atoms with Gasteiger partial charge in [0.2, 0.25) is 0 Å². The fourth-order valence-corrected chi connectivity index (χ4v) is 3.34. The lowest BCUT2D eigenvalue weighted by atomic mass is 10.0. The van der Waals surface area contributed by atoms with Crippen molar-refractivity contribution in [2.45, 2.75) is 31.6 Å². The van der Waals surface area contributed by atoms with Gasteiger partial charge < -0.3 is 9.92 Å². The monoisotopic (exact) mass is 350 g/mol. The average molecular weight is 350 g/mol. The van der Waals surface area contributed by atoms with Crippen LogP contribution in [-0.4, -0.2) is 13.3 Å². The SMILES string of the molecule is Cc1ccc(C(C)C)cc1S(=O)(=O)Oc1ccc(N)c([N+](=O)[O-])c1. The molecule has 0 aliphatic carbocycles. The first-order valence-electron chi connectivity index (χ1n) is 7.21. The molecule has 2 N–H and O–H groups in total. The van der Waals surface area contributed by atoms with Crippen LogP contribution in [0.5, 0.6) is 5.75 Å². The van der Waals surface area contributed by atoms with E-state index in [9.17, 15) is 18.5 Å². The average Bonchev–Trinajstić information content (AvgIpc) is 2.48. The Bertz CT molecular complexity index is 891. The van der Waals surface area contributed by atoms with Crippen LogP contribution in [0.2, 0.25) is 0 Å². The number of anilines is 1. The van der Waals surface area contributed by atoms with Crippen LogP contribution in [0.4, 0.5) is 11.4 Å². The maximum Gasteiger partial charge on any atom is 0.339 e. The van der Waals surface area contributed by atoms with Crippen molar-refractivity contribution in [2.75, 3.05) is 5.73 Å². The summed E-state index contributed by atoms with van der Waals surface area (Å²) in [5, 5.41) is 10.9. The van der Waals surface area contributed by atoms with Crippen LogP contribution in [0.3, 0.4) is 0 Å². The predicted octanol–water partition coefficient (Wildman–Crippen LogP) is 3.38. The Hall–Kier alpha value is -2.61. The number of nitrogens with zero attached hydrogens (tertiary/aromatic N) is 1. The third-order valence-corrected chi connectivity index (χ3v) is 4.94. The van der Waals surface area contributed by atoms with Gasteiger partial charge in [0.05, 0.1) is 11.0 Å². The van der Waals surface area contributed by atoms with E-state index in [1.165, 1.54) is 12.1 Å². The highest BCUT2D eigenvalue weighted by atomic mass is 32.2. The normalized spacial score (nSPS) is 11.5. The first kappa shape index (κ1) is 17.7. The Balaban J connectivity index is 2.44. The number of hydrogen-bond donors (Lipinski definition) is 1. The first-order valence-corrected chi connectivity index (χ1v) is 8.61. The smallest absolute Gasteiger partial charge is 0.339 e. The highest BCUT2D eigenvalue weighted by Crippen LogP contribution is 2.30. The summed E-state index contributed by atoms with van der Waals surface area (Å²) in [5.41, 5.74) is 6.41. The van der Waals surface area contributed by atoms with Crippen LogP contribution in [-0.2, 0) is 10.1 Å². The van der Waals surface area contributed by atoms with E-state index < -0.39 is 20.7 Å². The Morgan fingerprint density at radius 3 is 2.42 bits per heavy atom. The number of hydrogen-bond acceptors (Lipinski definition) is 6. The second kappa shape index (κ2) is 6.48. The fourth-order valence-electron chi connectivity index (χ4n) is 2.15. The summed E-state index contributed by atoms with van der Waals surface area (Å²) >= 11 is 0. The molecule has 0 heterocycles. The minimum Gasteiger partial charge on any atom is -0.393 e. The van der Waals surface area contributed by atoms with Crippen molar-refractivity contribution in [1.82, 2.24) is 0 Å². The summed E-state index contributed by atoms with van der Waals surface area (Å²) in [6.07, 6.45) is 0. The molecule has 0 saturated heterocycles. The minimum atomic E-state index is -4.12. The number of nitrogen functional groups attached to an aromatic ring is 1. The van der Waals surface area contributed by atoms with Gasteiger partial charge in [0.1, 0.15) is 16.3 Å². The Morgan fingerprint density at radius 2 is 1.83 bits per heavy atom. The molecule has 2 aromatic carbocycles. The van der Waals surface area contributed by atoms with E-state index in [1.54, 1.807) is 19.1 Å². The maximum atomic E-state index is 12.5. The zero-order valence-corrected chi connectivity index (χ0v) is 14.3. The third kappa shape index (κ3) is 3.65. The second-order valence-corrected chi connectivity index (χ2v) is 7.21. The van der Waals surface area contributed by atoms with Crippen molar-refractivity contribution >= 4 is 21.5 Å². The summed E-state index contributed by atoms with van der Waals surface area (Å²) in [6, 6.07) is 8.63. The van der Waals surface area contributed by atoms with Gasteiger partial charge in [-0.3, -0.25) is 10.1 Å². The quantitative estimate of drug-likeness (QED) is 0.383. The first-order chi connectivity index (χ1) is 11.1. The standard InChI is InChI=1S/C16H18N2O5S/c1-10(2)12-5-4-11(3)16(8-12)24(21,22)23-13-6-7-14(17)15(9-13)18(19)20/h4-10H,17H2,1-3H3. The lowest BCUT2D eigenvalue weighted by molar-refractivity contribution is -0.383. The minimum absolute atomic E-state index is 0.0354. The van der Waals surface area contributed by atoms with Crippen molar-refractivity contribution in [2.24, 2.45) is 0 Å². The molecule has 0 aliphatic rings. The Morgan fingerprint density at radius 1 is 1.17 bits per heavy atom. The van der Waals surface area contributed by atoms with E-state index >= 15 is 0 Å². The van der Waals surface area contributed by atoms with Gasteiger partial charge in [0, 0.05) is 0 Å². The van der Waals surface area contributed by atoms with Gasteiger partial charge in [-0.25, -0.2) is 0 Å². The van der Waals surface area contributed by atoms with Gasteiger partial charge >= 0.3 is 10.1 Å². The maximum absolute atomic E-state index is 12.5. The van der Waals surface area contributed by atoms with Crippen molar-refractivity contribution in [3.8, 4) is 5.75 Å². The fraction of sp³-hybridized carbons (Fsp3) is 0.250. The van der Waals surface area contributed by atoms with Crippen LogP contribution in [0.1, 0.15) is 30.9 Å². The molecule has 8 heteroatoms. The molecule has 0 atom stereocenters. The zero-order valence-electron chi connectivity index (χ0n) is 13.5. The van der Waals surface area contributed by atoms with Crippen LogP contribution in [0.15, 0.2) is 41.3 Å². The van der Waals surface area contributed by atoms with E-state index in [4.69, 9.17) is 9.92 Å². The molecule has 0 amide bonds. The van der Waals surface area contributed by atoms with E-state index in [-0.39, 0.29) is 22.3 Å². The molecule has 2 rings (SSSR count). The van der Waals surface area contributed by atoms with E-state index in [0.717, 1.165) is 11.6 Å². The molecule has 0 aliphatic heterocycles. The van der Waals surface area contributed by atoms with Crippen molar-refractivity contribution in [1.29, 1.82) is 0 Å². The Labute approximate surface area is 140 Å². The lowest BCUT2D eigenvalue weighted by Crippen LogP contribution is -2.12. The van der Waals surface area contributed by atoms with Gasteiger partial charge in [0.25, 0.3) is 5.69 Å². The molecule has 0 bridgehead atoms. The van der Waals surface area contributed by atoms with Crippen LogP contribution in [0.25, 0.3) is 0 Å². The second-order valence-electron chi connectivity index (χ2n) is 5.69. The molecular formula is C16H18N2O5S. The van der Waals surface area contributed by atoms with Crippen molar-refractivity contribution in [3.05, 3.63) is 57.6 Å². The summed E-state index contributed by atoms with van der Waals surface area (Å²) in [7, 11) is -4.12. The summed E-state index contributed by atoms with van der Waals surface area (Å²) < 4.78 is 30.1. The number of nitrogens with two attached hydrogens (primary N) is 1. The van der Waals surface area contributed by atoms with Crippen LogP contribution in [0, 0.1) is 17.0 Å². The summed E-state index contributed by atoms with van der Waals surface area (Å²) in [5.74, 6) is -0.0117. The molecule has 2 aromatic rings. The van der Waals surface area contributed by atoms with Crippen LogP contribution >= 0.6 is 0 Å². The molecular weight excluding hydrogens is 332 g/mol. The lowest BCUT2D eigenvalue weighted by Gasteiger charge is -2.12. The highest BCUT2D eigenvalue weighted by molar-refractivity contribution is 7.87. The summed E-state index contributed by atoms with van der Waals surface area (Å²) in [6.45, 7) is 5.56. The van der Waals surface area contributed by atoms with Gasteiger partial charge in [-0.05, 0) is 42.2 Å². The summed E-state index contributed by atoms with van der Waals surface area (Å²) in [4.78, 5) is 10.2. The molecule has 0 fully saturated rings. The third-order valence-electron chi connectivity index (χ3n) is 3.55. The number of aryl methyl sites for hydroxylation is 1. The number of nitro groups is 1. The number of nitro benzene ring substituents is 1.